The first-order valence-electron chi connectivity index (χ1n) is 9.23. The fourth-order valence-corrected chi connectivity index (χ4v) is 3.10. The number of phenolic OH excluding ortho intramolecular Hbond substituents is 1. The summed E-state index contributed by atoms with van der Waals surface area (Å²) < 4.78 is 0. The van der Waals surface area contributed by atoms with Crippen LogP contribution in [0.25, 0.3) is 16.7 Å². The molecule has 26 heavy (non-hydrogen) atoms. The van der Waals surface area contributed by atoms with Gasteiger partial charge in [-0.2, -0.15) is 0 Å². The molecule has 0 aliphatic heterocycles. The summed E-state index contributed by atoms with van der Waals surface area (Å²) in [4.78, 5) is 1.55. The Bertz CT molecular complexity index is 899. The molecule has 0 amide bonds. The van der Waals surface area contributed by atoms with Crippen molar-refractivity contribution < 1.29 is 5.11 Å². The lowest BCUT2D eigenvalue weighted by molar-refractivity contribution is 0.314. The SMILES string of the molecule is Cc1cc(C(C)(C)CCC(C)(C)C)cc(-n2nc3ccccc3n2)c1O. The fourth-order valence-electron chi connectivity index (χ4n) is 3.10. The molecule has 3 rings (SSSR count). The van der Waals surface area contributed by atoms with E-state index in [9.17, 15) is 5.11 Å². The number of hydrogen-bond acceptors (Lipinski definition) is 3. The molecule has 138 valence electrons. The van der Waals surface area contributed by atoms with Crippen LogP contribution in [0, 0.1) is 12.3 Å². The first kappa shape index (κ1) is 18.4. The van der Waals surface area contributed by atoms with Crippen molar-refractivity contribution in [3.05, 3.63) is 47.5 Å². The zero-order valence-corrected chi connectivity index (χ0v) is 16.7. The number of benzene rings is 2. The summed E-state index contributed by atoms with van der Waals surface area (Å²) in [7, 11) is 0. The Balaban J connectivity index is 2.04. The molecule has 4 nitrogen and oxygen atoms in total. The predicted molar refractivity (Wildman–Crippen MR) is 107 cm³/mol. The molecule has 0 aliphatic rings. The fraction of sp³-hybridized carbons (Fsp3) is 0.455. The lowest BCUT2D eigenvalue weighted by Gasteiger charge is -2.30. The van der Waals surface area contributed by atoms with Gasteiger partial charge in [-0.05, 0) is 59.9 Å². The number of phenols is 1. The average Bonchev–Trinajstić information content (AvgIpc) is 2.98. The number of nitrogens with zero attached hydrogens (tertiary/aromatic N) is 3. The number of hydrogen-bond donors (Lipinski definition) is 1. The van der Waals surface area contributed by atoms with Gasteiger partial charge in [-0.1, -0.05) is 52.8 Å². The first-order valence-corrected chi connectivity index (χ1v) is 9.23. The first-order chi connectivity index (χ1) is 12.1. The lowest BCUT2D eigenvalue weighted by Crippen LogP contribution is -2.21. The highest BCUT2D eigenvalue weighted by molar-refractivity contribution is 5.73. The molecule has 1 N–H and O–H groups in total. The molecule has 1 aromatic heterocycles. The van der Waals surface area contributed by atoms with Crippen molar-refractivity contribution in [2.45, 2.75) is 59.8 Å². The molecule has 0 fully saturated rings. The molecule has 0 bridgehead atoms. The van der Waals surface area contributed by atoms with Crippen LogP contribution < -0.4 is 0 Å². The molecule has 0 saturated heterocycles. The Morgan fingerprint density at radius 2 is 1.50 bits per heavy atom. The van der Waals surface area contributed by atoms with E-state index >= 15 is 0 Å². The van der Waals surface area contributed by atoms with E-state index in [0.717, 1.165) is 29.4 Å². The van der Waals surface area contributed by atoms with Crippen molar-refractivity contribution in [1.29, 1.82) is 0 Å². The van der Waals surface area contributed by atoms with Gasteiger partial charge in [-0.3, -0.25) is 0 Å². The highest BCUT2D eigenvalue weighted by Crippen LogP contribution is 2.37. The summed E-state index contributed by atoms with van der Waals surface area (Å²) in [5, 5.41) is 19.7. The predicted octanol–water partition coefficient (Wildman–Crippen LogP) is 5.54. The maximum atomic E-state index is 10.6. The Hall–Kier alpha value is -2.36. The van der Waals surface area contributed by atoms with Gasteiger partial charge in [0.15, 0.2) is 0 Å². The standard InChI is InChI=1S/C22H29N3O/c1-15-13-16(22(5,6)12-11-21(2,3)4)14-19(20(15)26)25-23-17-9-7-8-10-18(17)24-25/h7-10,13-14,26H,11-12H2,1-6H3. The Morgan fingerprint density at radius 3 is 2.04 bits per heavy atom. The van der Waals surface area contributed by atoms with E-state index in [2.05, 4.69) is 50.9 Å². The third kappa shape index (κ3) is 3.74. The van der Waals surface area contributed by atoms with Crippen LogP contribution in [-0.4, -0.2) is 20.1 Å². The van der Waals surface area contributed by atoms with Crippen molar-refractivity contribution >= 4 is 11.0 Å². The molecule has 0 aliphatic carbocycles. The van der Waals surface area contributed by atoms with E-state index in [0.29, 0.717) is 11.1 Å². The summed E-state index contributed by atoms with van der Waals surface area (Å²) >= 11 is 0. The van der Waals surface area contributed by atoms with Crippen molar-refractivity contribution in [3.8, 4) is 11.4 Å². The van der Waals surface area contributed by atoms with Crippen molar-refractivity contribution in [2.75, 3.05) is 0 Å². The van der Waals surface area contributed by atoms with E-state index in [-0.39, 0.29) is 11.2 Å². The van der Waals surface area contributed by atoms with Crippen LogP contribution >= 0.6 is 0 Å². The third-order valence-corrected chi connectivity index (χ3v) is 5.06. The molecular weight excluding hydrogens is 322 g/mol. The second-order valence-electron chi connectivity index (χ2n) is 9.08. The molecule has 4 heteroatoms. The zero-order chi connectivity index (χ0) is 19.1. The normalized spacial score (nSPS) is 12.7. The largest absolute Gasteiger partial charge is 0.505 e. The van der Waals surface area contributed by atoms with Gasteiger partial charge in [-0.15, -0.1) is 15.0 Å². The minimum absolute atomic E-state index is 0.00701. The summed E-state index contributed by atoms with van der Waals surface area (Å²) in [5.41, 5.74) is 4.64. The number of rotatable bonds is 4. The monoisotopic (exact) mass is 351 g/mol. The maximum Gasteiger partial charge on any atom is 0.146 e. The van der Waals surface area contributed by atoms with Gasteiger partial charge in [0.25, 0.3) is 0 Å². The second kappa shape index (κ2) is 6.42. The minimum Gasteiger partial charge on any atom is -0.505 e. The maximum absolute atomic E-state index is 10.6. The summed E-state index contributed by atoms with van der Waals surface area (Å²) in [6.45, 7) is 13.3. The topological polar surface area (TPSA) is 50.9 Å². The molecular formula is C22H29N3O. The van der Waals surface area contributed by atoms with Gasteiger partial charge in [0.05, 0.1) is 0 Å². The van der Waals surface area contributed by atoms with Gasteiger partial charge < -0.3 is 5.11 Å². The smallest absolute Gasteiger partial charge is 0.146 e. The summed E-state index contributed by atoms with van der Waals surface area (Å²) in [6.07, 6.45) is 2.22. The summed E-state index contributed by atoms with van der Waals surface area (Å²) in [5.74, 6) is 0.237. The molecule has 1 heterocycles. The molecule has 0 atom stereocenters. The highest BCUT2D eigenvalue weighted by atomic mass is 16.3. The minimum atomic E-state index is 0.00701. The van der Waals surface area contributed by atoms with Gasteiger partial charge in [-0.25, -0.2) is 0 Å². The number of fused-ring (bicyclic) bond motifs is 1. The van der Waals surface area contributed by atoms with E-state index in [4.69, 9.17) is 0 Å². The summed E-state index contributed by atoms with van der Waals surface area (Å²) in [6, 6.07) is 11.9. The average molecular weight is 351 g/mol. The van der Waals surface area contributed by atoms with Crippen LogP contribution in [0.1, 0.15) is 58.6 Å². The van der Waals surface area contributed by atoms with Crippen LogP contribution in [-0.2, 0) is 5.41 Å². The highest BCUT2D eigenvalue weighted by Gasteiger charge is 2.26. The Labute approximate surface area is 155 Å². The number of aromatic nitrogens is 3. The quantitative estimate of drug-likeness (QED) is 0.671. The van der Waals surface area contributed by atoms with Gasteiger partial charge in [0.1, 0.15) is 22.5 Å². The van der Waals surface area contributed by atoms with E-state index in [1.807, 2.05) is 37.3 Å². The van der Waals surface area contributed by atoms with Crippen molar-refractivity contribution in [3.63, 3.8) is 0 Å². The van der Waals surface area contributed by atoms with Crippen molar-refractivity contribution in [1.82, 2.24) is 15.0 Å². The van der Waals surface area contributed by atoms with E-state index < -0.39 is 0 Å². The van der Waals surface area contributed by atoms with Crippen LogP contribution in [0.2, 0.25) is 0 Å². The van der Waals surface area contributed by atoms with Crippen molar-refractivity contribution in [2.24, 2.45) is 5.41 Å². The zero-order valence-electron chi connectivity index (χ0n) is 16.7. The third-order valence-electron chi connectivity index (χ3n) is 5.06. The van der Waals surface area contributed by atoms with E-state index in [1.165, 1.54) is 5.56 Å². The number of aryl methyl sites for hydroxylation is 1. The molecule has 0 spiro atoms. The van der Waals surface area contributed by atoms with Gasteiger partial charge >= 0.3 is 0 Å². The Morgan fingerprint density at radius 1 is 0.923 bits per heavy atom. The van der Waals surface area contributed by atoms with Crippen LogP contribution in [0.3, 0.4) is 0 Å². The number of aromatic hydroxyl groups is 1. The lowest BCUT2D eigenvalue weighted by atomic mass is 9.75. The van der Waals surface area contributed by atoms with Gasteiger partial charge in [0.2, 0.25) is 0 Å². The molecule has 0 radical (unpaired) electrons. The molecule has 0 unspecified atom stereocenters. The van der Waals surface area contributed by atoms with Crippen LogP contribution in [0.5, 0.6) is 5.75 Å². The van der Waals surface area contributed by atoms with Gasteiger partial charge in [0, 0.05) is 0 Å². The second-order valence-corrected chi connectivity index (χ2v) is 9.08. The molecule has 0 saturated carbocycles. The van der Waals surface area contributed by atoms with Crippen LogP contribution in [0.4, 0.5) is 0 Å². The van der Waals surface area contributed by atoms with E-state index in [1.54, 1.807) is 4.80 Å². The molecule has 3 aromatic rings. The van der Waals surface area contributed by atoms with Crippen LogP contribution in [0.15, 0.2) is 36.4 Å². The Kier molecular flexibility index (Phi) is 4.55. The molecule has 2 aromatic carbocycles.